The molecule has 2 nitrogen and oxygen atoms in total. The van der Waals surface area contributed by atoms with E-state index < -0.39 is 0 Å². The van der Waals surface area contributed by atoms with Crippen molar-refractivity contribution in [3.8, 4) is 0 Å². The SMILES string of the molecule is O=C(C1=CC2C=CC=CC(C1)C2=O)c1ccccc1. The van der Waals surface area contributed by atoms with Crippen molar-refractivity contribution in [3.05, 3.63) is 71.8 Å². The molecule has 1 aromatic carbocycles. The number of allylic oxidation sites excluding steroid dienone is 6. The van der Waals surface area contributed by atoms with E-state index in [1.54, 1.807) is 0 Å². The lowest BCUT2D eigenvalue weighted by Crippen LogP contribution is -2.26. The molecule has 2 unspecified atom stereocenters. The van der Waals surface area contributed by atoms with Crippen LogP contribution in [0.15, 0.2) is 66.3 Å². The summed E-state index contributed by atoms with van der Waals surface area (Å²) in [4.78, 5) is 24.5. The Labute approximate surface area is 112 Å². The Kier molecular flexibility index (Phi) is 3.00. The van der Waals surface area contributed by atoms with Crippen LogP contribution in [-0.4, -0.2) is 11.6 Å². The van der Waals surface area contributed by atoms with Gasteiger partial charge in [0.2, 0.25) is 0 Å². The number of benzene rings is 1. The molecule has 0 N–H and O–H groups in total. The van der Waals surface area contributed by atoms with Gasteiger partial charge in [-0.3, -0.25) is 9.59 Å². The second kappa shape index (κ2) is 4.81. The van der Waals surface area contributed by atoms with Crippen LogP contribution in [-0.2, 0) is 4.79 Å². The summed E-state index contributed by atoms with van der Waals surface area (Å²) >= 11 is 0. The minimum absolute atomic E-state index is 0.0341. The number of rotatable bonds is 2. The third-order valence-electron chi connectivity index (χ3n) is 3.62. The lowest BCUT2D eigenvalue weighted by molar-refractivity contribution is -0.123. The molecule has 0 saturated carbocycles. The van der Waals surface area contributed by atoms with Crippen molar-refractivity contribution < 1.29 is 9.59 Å². The van der Waals surface area contributed by atoms with Crippen molar-refractivity contribution in [2.45, 2.75) is 6.42 Å². The molecular formula is C17H14O2. The molecule has 2 aliphatic rings. The maximum absolute atomic E-state index is 12.4. The summed E-state index contributed by atoms with van der Waals surface area (Å²) in [6, 6.07) is 9.23. The van der Waals surface area contributed by atoms with Crippen molar-refractivity contribution in [3.63, 3.8) is 0 Å². The van der Waals surface area contributed by atoms with Crippen LogP contribution in [0.4, 0.5) is 0 Å². The lowest BCUT2D eigenvalue weighted by atomic mass is 9.79. The molecule has 0 heterocycles. The summed E-state index contributed by atoms with van der Waals surface area (Å²) in [7, 11) is 0. The summed E-state index contributed by atoms with van der Waals surface area (Å²) in [5, 5.41) is 0. The van der Waals surface area contributed by atoms with E-state index in [1.165, 1.54) is 0 Å². The molecule has 2 heteroatoms. The molecule has 3 rings (SSSR count). The smallest absolute Gasteiger partial charge is 0.188 e. The van der Waals surface area contributed by atoms with Gasteiger partial charge in [-0.15, -0.1) is 0 Å². The Morgan fingerprint density at radius 2 is 1.79 bits per heavy atom. The van der Waals surface area contributed by atoms with Gasteiger partial charge in [0.25, 0.3) is 0 Å². The number of fused-ring (bicyclic) bond motifs is 2. The van der Waals surface area contributed by atoms with Crippen LogP contribution in [0.2, 0.25) is 0 Å². The molecule has 1 aromatic rings. The minimum Gasteiger partial charge on any atom is -0.298 e. The highest BCUT2D eigenvalue weighted by Crippen LogP contribution is 2.30. The van der Waals surface area contributed by atoms with Crippen LogP contribution in [0.1, 0.15) is 16.8 Å². The van der Waals surface area contributed by atoms with Gasteiger partial charge in [0.05, 0.1) is 5.92 Å². The molecule has 0 radical (unpaired) electrons. The number of carbonyl (C=O) groups is 2. The van der Waals surface area contributed by atoms with Gasteiger partial charge in [-0.2, -0.15) is 0 Å². The van der Waals surface area contributed by atoms with Crippen molar-refractivity contribution >= 4 is 11.6 Å². The summed E-state index contributed by atoms with van der Waals surface area (Å²) in [6.07, 6.45) is 9.86. The normalized spacial score (nSPS) is 24.8. The average molecular weight is 250 g/mol. The molecule has 2 bridgehead atoms. The van der Waals surface area contributed by atoms with Gasteiger partial charge in [-0.25, -0.2) is 0 Å². The van der Waals surface area contributed by atoms with Gasteiger partial charge in [-0.1, -0.05) is 60.7 Å². The third kappa shape index (κ3) is 2.22. The molecule has 0 spiro atoms. The maximum Gasteiger partial charge on any atom is 0.188 e. The van der Waals surface area contributed by atoms with Crippen LogP contribution < -0.4 is 0 Å². The van der Waals surface area contributed by atoms with E-state index in [0.717, 1.165) is 5.57 Å². The first kappa shape index (κ1) is 11.8. The van der Waals surface area contributed by atoms with Gasteiger partial charge in [0, 0.05) is 11.5 Å². The summed E-state index contributed by atoms with van der Waals surface area (Å²) in [6.45, 7) is 0. The van der Waals surface area contributed by atoms with E-state index in [0.29, 0.717) is 12.0 Å². The third-order valence-corrected chi connectivity index (χ3v) is 3.62. The Morgan fingerprint density at radius 1 is 1.05 bits per heavy atom. The van der Waals surface area contributed by atoms with Gasteiger partial charge >= 0.3 is 0 Å². The Morgan fingerprint density at radius 3 is 2.58 bits per heavy atom. The van der Waals surface area contributed by atoms with Crippen molar-refractivity contribution in [1.29, 1.82) is 0 Å². The highest BCUT2D eigenvalue weighted by molar-refractivity contribution is 6.10. The first-order valence-electron chi connectivity index (χ1n) is 6.45. The molecule has 0 saturated heterocycles. The number of ketones is 2. The fraction of sp³-hybridized carbons (Fsp3) is 0.176. The number of hydrogen-bond donors (Lipinski definition) is 0. The van der Waals surface area contributed by atoms with E-state index in [2.05, 4.69) is 0 Å². The standard InChI is InChI=1S/C17H14O2/c18-16(12-6-2-1-3-7-12)15-10-13-8-4-5-9-14(11-15)17(13)19/h1-10,13-14H,11H2. The maximum atomic E-state index is 12.4. The highest BCUT2D eigenvalue weighted by Gasteiger charge is 2.31. The van der Waals surface area contributed by atoms with Gasteiger partial charge in [-0.05, 0) is 12.0 Å². The fourth-order valence-corrected chi connectivity index (χ4v) is 2.59. The first-order chi connectivity index (χ1) is 9.25. The van der Waals surface area contributed by atoms with Crippen molar-refractivity contribution in [2.75, 3.05) is 0 Å². The molecular weight excluding hydrogens is 236 g/mol. The molecule has 0 aliphatic heterocycles. The molecule has 0 amide bonds. The number of hydrogen-bond acceptors (Lipinski definition) is 2. The second-order valence-electron chi connectivity index (χ2n) is 4.90. The van der Waals surface area contributed by atoms with E-state index in [4.69, 9.17) is 0 Å². The predicted octanol–water partition coefficient (Wildman–Crippen LogP) is 3.13. The average Bonchev–Trinajstić information content (AvgIpc) is 2.56. The minimum atomic E-state index is -0.253. The Balaban J connectivity index is 1.95. The van der Waals surface area contributed by atoms with Crippen molar-refractivity contribution in [1.82, 2.24) is 0 Å². The lowest BCUT2D eigenvalue weighted by Gasteiger charge is -2.22. The fourth-order valence-electron chi connectivity index (χ4n) is 2.59. The monoisotopic (exact) mass is 250 g/mol. The van der Waals surface area contributed by atoms with Gasteiger partial charge in [0.1, 0.15) is 0 Å². The largest absolute Gasteiger partial charge is 0.298 e. The molecule has 0 fully saturated rings. The zero-order valence-electron chi connectivity index (χ0n) is 10.5. The number of Topliss-reactive ketones (excluding diaryl/α,β-unsaturated/α-hetero) is 2. The molecule has 94 valence electrons. The Hall–Kier alpha value is -2.22. The quantitative estimate of drug-likeness (QED) is 0.756. The molecule has 2 aliphatic carbocycles. The van der Waals surface area contributed by atoms with Gasteiger partial charge < -0.3 is 0 Å². The predicted molar refractivity (Wildman–Crippen MR) is 73.7 cm³/mol. The zero-order chi connectivity index (χ0) is 13.2. The second-order valence-corrected chi connectivity index (χ2v) is 4.90. The topological polar surface area (TPSA) is 34.1 Å². The Bertz CT molecular complexity index is 605. The van der Waals surface area contributed by atoms with Crippen LogP contribution in [0, 0.1) is 11.8 Å². The van der Waals surface area contributed by atoms with Crippen molar-refractivity contribution in [2.24, 2.45) is 11.8 Å². The highest BCUT2D eigenvalue weighted by atomic mass is 16.1. The van der Waals surface area contributed by atoms with E-state index in [-0.39, 0.29) is 23.4 Å². The molecule has 2 atom stereocenters. The van der Waals surface area contributed by atoms with Crippen LogP contribution >= 0.6 is 0 Å². The first-order valence-corrected chi connectivity index (χ1v) is 6.45. The van der Waals surface area contributed by atoms with E-state index in [9.17, 15) is 9.59 Å². The van der Waals surface area contributed by atoms with Crippen LogP contribution in [0.3, 0.4) is 0 Å². The van der Waals surface area contributed by atoms with E-state index >= 15 is 0 Å². The molecule has 0 aromatic heterocycles. The number of carbonyl (C=O) groups excluding carboxylic acids is 2. The molecule has 19 heavy (non-hydrogen) atoms. The van der Waals surface area contributed by atoms with Crippen LogP contribution in [0.25, 0.3) is 0 Å². The summed E-state index contributed by atoms with van der Waals surface area (Å²) in [5.74, 6) is -0.189. The van der Waals surface area contributed by atoms with Gasteiger partial charge in [0.15, 0.2) is 11.6 Å². The van der Waals surface area contributed by atoms with Crippen LogP contribution in [0.5, 0.6) is 0 Å². The summed E-state index contributed by atoms with van der Waals surface area (Å²) < 4.78 is 0. The van der Waals surface area contributed by atoms with E-state index in [1.807, 2.05) is 60.7 Å². The zero-order valence-corrected chi connectivity index (χ0v) is 10.5. The summed E-state index contributed by atoms with van der Waals surface area (Å²) in [5.41, 5.74) is 1.44.